The second-order valence-corrected chi connectivity index (χ2v) is 6.86. The van der Waals surface area contributed by atoms with Crippen LogP contribution in [0.4, 0.5) is 11.4 Å². The summed E-state index contributed by atoms with van der Waals surface area (Å²) in [6, 6.07) is 14.6. The van der Waals surface area contributed by atoms with E-state index in [4.69, 9.17) is 4.74 Å². The number of nitrogens with zero attached hydrogens (tertiary/aromatic N) is 1. The van der Waals surface area contributed by atoms with Gasteiger partial charge in [0.25, 0.3) is 5.91 Å². The molecule has 3 amide bonds. The molecule has 0 unspecified atom stereocenters. The SMILES string of the molecule is CCc1ccccc1NC(=O)COc1ccc(N2C[C@@H](C(=O)NC)CC2=O)cc1. The summed E-state index contributed by atoms with van der Waals surface area (Å²) in [5.74, 6) is -0.254. The number of anilines is 2. The number of aryl methyl sites for hydroxylation is 1. The second kappa shape index (κ2) is 9.23. The van der Waals surface area contributed by atoms with E-state index in [1.54, 1.807) is 36.2 Å². The Morgan fingerprint density at radius 1 is 1.14 bits per heavy atom. The van der Waals surface area contributed by atoms with Gasteiger partial charge in [-0.1, -0.05) is 25.1 Å². The molecule has 152 valence electrons. The number of hydrogen-bond acceptors (Lipinski definition) is 4. The summed E-state index contributed by atoms with van der Waals surface area (Å²) in [4.78, 5) is 37.7. The fourth-order valence-electron chi connectivity index (χ4n) is 3.34. The number of para-hydroxylation sites is 1. The Balaban J connectivity index is 1.55. The third kappa shape index (κ3) is 4.93. The number of nitrogens with one attached hydrogen (secondary N) is 2. The highest BCUT2D eigenvalue weighted by Crippen LogP contribution is 2.27. The van der Waals surface area contributed by atoms with Gasteiger partial charge in [0.2, 0.25) is 11.8 Å². The van der Waals surface area contributed by atoms with Crippen LogP contribution in [0.5, 0.6) is 5.75 Å². The van der Waals surface area contributed by atoms with E-state index in [2.05, 4.69) is 10.6 Å². The van der Waals surface area contributed by atoms with Gasteiger partial charge in [-0.05, 0) is 42.3 Å². The predicted molar refractivity (Wildman–Crippen MR) is 111 cm³/mol. The molecule has 0 spiro atoms. The van der Waals surface area contributed by atoms with Crippen LogP contribution in [-0.4, -0.2) is 37.9 Å². The molecule has 2 N–H and O–H groups in total. The third-order valence-corrected chi connectivity index (χ3v) is 4.93. The number of ether oxygens (including phenoxy) is 1. The molecule has 3 rings (SSSR count). The first-order valence-corrected chi connectivity index (χ1v) is 9.64. The van der Waals surface area contributed by atoms with Gasteiger partial charge in [-0.25, -0.2) is 0 Å². The minimum absolute atomic E-state index is 0.0822. The van der Waals surface area contributed by atoms with Crippen LogP contribution in [0.3, 0.4) is 0 Å². The molecule has 2 aromatic rings. The standard InChI is InChI=1S/C22H25N3O4/c1-3-15-6-4-5-7-19(15)24-20(26)14-29-18-10-8-17(9-11-18)25-13-16(12-21(25)27)22(28)23-2/h4-11,16H,3,12-14H2,1-2H3,(H,23,28)(H,24,26)/t16-/m0/s1. The number of rotatable bonds is 7. The fourth-order valence-corrected chi connectivity index (χ4v) is 3.34. The lowest BCUT2D eigenvalue weighted by Crippen LogP contribution is -2.30. The van der Waals surface area contributed by atoms with Crippen molar-refractivity contribution in [3.63, 3.8) is 0 Å². The maximum absolute atomic E-state index is 12.2. The lowest BCUT2D eigenvalue weighted by Gasteiger charge is -2.17. The van der Waals surface area contributed by atoms with E-state index in [-0.39, 0.29) is 36.7 Å². The van der Waals surface area contributed by atoms with Crippen molar-refractivity contribution in [1.29, 1.82) is 0 Å². The molecule has 1 aliphatic heterocycles. The Morgan fingerprint density at radius 2 is 1.86 bits per heavy atom. The van der Waals surface area contributed by atoms with Crippen LogP contribution in [0.15, 0.2) is 48.5 Å². The average Bonchev–Trinajstić information content (AvgIpc) is 3.14. The van der Waals surface area contributed by atoms with Crippen LogP contribution in [0.2, 0.25) is 0 Å². The quantitative estimate of drug-likeness (QED) is 0.753. The first-order chi connectivity index (χ1) is 14.0. The van der Waals surface area contributed by atoms with Crippen molar-refractivity contribution in [2.24, 2.45) is 5.92 Å². The highest BCUT2D eigenvalue weighted by atomic mass is 16.5. The van der Waals surface area contributed by atoms with Gasteiger partial charge in [0.1, 0.15) is 5.75 Å². The van der Waals surface area contributed by atoms with E-state index in [9.17, 15) is 14.4 Å². The van der Waals surface area contributed by atoms with Gasteiger partial charge >= 0.3 is 0 Å². The van der Waals surface area contributed by atoms with E-state index < -0.39 is 0 Å². The van der Waals surface area contributed by atoms with E-state index in [1.807, 2.05) is 31.2 Å². The summed E-state index contributed by atoms with van der Waals surface area (Å²) >= 11 is 0. The highest BCUT2D eigenvalue weighted by molar-refractivity contribution is 6.00. The molecule has 29 heavy (non-hydrogen) atoms. The maximum atomic E-state index is 12.2. The number of benzene rings is 2. The Morgan fingerprint density at radius 3 is 2.55 bits per heavy atom. The van der Waals surface area contributed by atoms with Crippen LogP contribution in [-0.2, 0) is 20.8 Å². The van der Waals surface area contributed by atoms with Gasteiger partial charge in [0.05, 0.1) is 5.92 Å². The second-order valence-electron chi connectivity index (χ2n) is 6.86. The average molecular weight is 395 g/mol. The van der Waals surface area contributed by atoms with E-state index in [1.165, 1.54) is 0 Å². The molecule has 0 saturated carbocycles. The van der Waals surface area contributed by atoms with Gasteiger partial charge in [-0.2, -0.15) is 0 Å². The highest BCUT2D eigenvalue weighted by Gasteiger charge is 2.34. The van der Waals surface area contributed by atoms with Gasteiger partial charge in [-0.3, -0.25) is 14.4 Å². The maximum Gasteiger partial charge on any atom is 0.262 e. The van der Waals surface area contributed by atoms with Gasteiger partial charge < -0.3 is 20.3 Å². The molecule has 1 aliphatic rings. The zero-order chi connectivity index (χ0) is 20.8. The summed E-state index contributed by atoms with van der Waals surface area (Å²) in [6.07, 6.45) is 1.03. The Bertz CT molecular complexity index is 895. The Labute approximate surface area is 170 Å². The molecule has 7 heteroatoms. The molecule has 0 aliphatic carbocycles. The van der Waals surface area contributed by atoms with Crippen molar-refractivity contribution in [3.05, 3.63) is 54.1 Å². The summed E-state index contributed by atoms with van der Waals surface area (Å²) in [5.41, 5.74) is 2.56. The zero-order valence-electron chi connectivity index (χ0n) is 16.6. The smallest absolute Gasteiger partial charge is 0.262 e. The lowest BCUT2D eigenvalue weighted by atomic mass is 10.1. The fraction of sp³-hybridized carbons (Fsp3) is 0.318. The monoisotopic (exact) mass is 395 g/mol. The Kier molecular flexibility index (Phi) is 6.49. The molecule has 1 heterocycles. The van der Waals surface area contributed by atoms with Gasteiger partial charge in [0, 0.05) is 31.4 Å². The molecule has 0 bridgehead atoms. The van der Waals surface area contributed by atoms with Gasteiger partial charge in [-0.15, -0.1) is 0 Å². The van der Waals surface area contributed by atoms with Crippen molar-refractivity contribution < 1.29 is 19.1 Å². The van der Waals surface area contributed by atoms with Crippen molar-refractivity contribution in [1.82, 2.24) is 5.32 Å². The van der Waals surface area contributed by atoms with E-state index >= 15 is 0 Å². The molecule has 0 aromatic heterocycles. The summed E-state index contributed by atoms with van der Waals surface area (Å²) in [6.45, 7) is 2.28. The molecular formula is C22H25N3O4. The molecule has 1 fully saturated rings. The Hall–Kier alpha value is -3.35. The van der Waals surface area contributed by atoms with Crippen molar-refractivity contribution in [2.75, 3.05) is 30.4 Å². The van der Waals surface area contributed by atoms with Crippen molar-refractivity contribution in [2.45, 2.75) is 19.8 Å². The summed E-state index contributed by atoms with van der Waals surface area (Å²) in [7, 11) is 1.57. The first kappa shape index (κ1) is 20.4. The van der Waals surface area contributed by atoms with Gasteiger partial charge in [0.15, 0.2) is 6.61 Å². The van der Waals surface area contributed by atoms with E-state index in [0.717, 1.165) is 17.7 Å². The number of hydrogen-bond donors (Lipinski definition) is 2. The van der Waals surface area contributed by atoms with E-state index in [0.29, 0.717) is 18.0 Å². The lowest BCUT2D eigenvalue weighted by molar-refractivity contribution is -0.125. The predicted octanol–water partition coefficient (Wildman–Crippen LogP) is 2.37. The number of carbonyl (C=O) groups is 3. The molecule has 1 saturated heterocycles. The van der Waals surface area contributed by atoms with Crippen LogP contribution < -0.4 is 20.3 Å². The summed E-state index contributed by atoms with van der Waals surface area (Å²) < 4.78 is 5.56. The summed E-state index contributed by atoms with van der Waals surface area (Å²) in [5, 5.41) is 5.44. The van der Waals surface area contributed by atoms with Crippen LogP contribution >= 0.6 is 0 Å². The van der Waals surface area contributed by atoms with Crippen LogP contribution in [0, 0.1) is 5.92 Å². The van der Waals surface area contributed by atoms with Crippen LogP contribution in [0.1, 0.15) is 18.9 Å². The minimum atomic E-state index is -0.335. The molecule has 2 aromatic carbocycles. The minimum Gasteiger partial charge on any atom is -0.484 e. The normalized spacial score (nSPS) is 15.9. The largest absolute Gasteiger partial charge is 0.484 e. The van der Waals surface area contributed by atoms with Crippen molar-refractivity contribution in [3.8, 4) is 5.75 Å². The molecule has 0 radical (unpaired) electrons. The molecule has 7 nitrogen and oxygen atoms in total. The first-order valence-electron chi connectivity index (χ1n) is 9.64. The molecular weight excluding hydrogens is 370 g/mol. The number of carbonyl (C=O) groups excluding carboxylic acids is 3. The number of amides is 3. The zero-order valence-corrected chi connectivity index (χ0v) is 16.6. The van der Waals surface area contributed by atoms with Crippen LogP contribution in [0.25, 0.3) is 0 Å². The molecule has 1 atom stereocenters. The topological polar surface area (TPSA) is 87.7 Å². The third-order valence-electron chi connectivity index (χ3n) is 4.93. The van der Waals surface area contributed by atoms with Crippen molar-refractivity contribution >= 4 is 29.1 Å².